The first kappa shape index (κ1) is 28.5. The second kappa shape index (κ2) is 17.2. The highest BCUT2D eigenvalue weighted by Gasteiger charge is 2.25. The topological polar surface area (TPSA) is 34.1 Å². The maximum atomic E-state index is 12.2. The predicted molar refractivity (Wildman–Crippen MR) is 131 cm³/mol. The lowest BCUT2D eigenvalue weighted by atomic mass is 10.1. The fourth-order valence-electron chi connectivity index (χ4n) is 3.95. The van der Waals surface area contributed by atoms with Crippen LogP contribution in [0.3, 0.4) is 0 Å². The van der Waals surface area contributed by atoms with E-state index in [9.17, 15) is 9.59 Å². The zero-order valence-corrected chi connectivity index (χ0v) is 21.3. The zero-order chi connectivity index (χ0) is 22.1. The molecular weight excluding hydrogens is 375 g/mol. The fourth-order valence-corrected chi connectivity index (χ4v) is 7.29. The van der Waals surface area contributed by atoms with Crippen molar-refractivity contribution in [3.8, 4) is 0 Å². The maximum absolute atomic E-state index is 12.2. The van der Waals surface area contributed by atoms with Gasteiger partial charge < -0.3 is 0 Å². The van der Waals surface area contributed by atoms with E-state index in [0.29, 0.717) is 5.92 Å². The Bertz CT molecular complexity index is 513. The average molecular weight is 425 g/mol. The summed E-state index contributed by atoms with van der Waals surface area (Å²) in [5.41, 5.74) is 2.48. The number of unbranched alkanes of at least 4 members (excludes halogenated alkanes) is 5. The van der Waals surface area contributed by atoms with Gasteiger partial charge in [-0.2, -0.15) is 0 Å². The normalized spacial score (nSPS) is 11.9. The van der Waals surface area contributed by atoms with E-state index in [4.69, 9.17) is 0 Å². The molecule has 0 rings (SSSR count). The molecule has 0 bridgehead atoms. The molecule has 0 saturated heterocycles. The van der Waals surface area contributed by atoms with E-state index >= 15 is 0 Å². The zero-order valence-electron chi connectivity index (χ0n) is 20.4. The van der Waals surface area contributed by atoms with Crippen molar-refractivity contribution in [2.24, 2.45) is 17.8 Å². The molecule has 0 unspecified atom stereocenters. The first-order valence-corrected chi connectivity index (χ1v) is 14.4. The third kappa shape index (κ3) is 14.2. The largest absolute Gasteiger partial charge is 0.234 e. The van der Waals surface area contributed by atoms with Crippen molar-refractivity contribution in [2.75, 3.05) is 12.3 Å². The number of hydrogen-bond acceptors (Lipinski definition) is 2. The summed E-state index contributed by atoms with van der Waals surface area (Å²) in [5.74, 6) is 4.42. The van der Waals surface area contributed by atoms with Gasteiger partial charge in [0.15, 0.2) is 0 Å². The van der Waals surface area contributed by atoms with Gasteiger partial charge in [-0.25, -0.2) is 9.59 Å². The first-order chi connectivity index (χ1) is 13.8. The van der Waals surface area contributed by atoms with Crippen LogP contribution < -0.4 is 0 Å². The van der Waals surface area contributed by atoms with Crippen molar-refractivity contribution in [2.45, 2.75) is 119 Å². The Morgan fingerprint density at radius 2 is 1.03 bits per heavy atom. The van der Waals surface area contributed by atoms with Gasteiger partial charge in [0.05, 0.1) is 0 Å². The van der Waals surface area contributed by atoms with Crippen LogP contribution in [0.5, 0.6) is 0 Å². The van der Waals surface area contributed by atoms with Crippen molar-refractivity contribution in [3.63, 3.8) is 0 Å². The van der Waals surface area contributed by atoms with Crippen molar-refractivity contribution in [1.29, 1.82) is 0 Å². The standard InChI is InChI=1S/C26H49O2P/c1-23(2)15-9-7-13-19-29(22-28,20-14-8-10-16-24(3)4)26(21-27)18-12-11-17-25(5)6/h23-25H,7-20H2,1-6H3. The lowest BCUT2D eigenvalue weighted by Gasteiger charge is -2.23. The van der Waals surface area contributed by atoms with Crippen molar-refractivity contribution < 1.29 is 9.59 Å². The van der Waals surface area contributed by atoms with E-state index in [1.54, 1.807) is 0 Å². The summed E-state index contributed by atoms with van der Waals surface area (Å²) in [6.07, 6.45) is 15.2. The smallest absolute Gasteiger partial charge is 0.129 e. The van der Waals surface area contributed by atoms with Crippen LogP contribution in [0, 0.1) is 17.8 Å². The highest BCUT2D eigenvalue weighted by Crippen LogP contribution is 2.56. The van der Waals surface area contributed by atoms with Crippen molar-refractivity contribution >= 4 is 18.5 Å². The van der Waals surface area contributed by atoms with Gasteiger partial charge in [0, 0.05) is 12.2 Å². The Hall–Kier alpha value is -0.540. The number of rotatable bonds is 18. The summed E-state index contributed by atoms with van der Waals surface area (Å²) in [5, 5.41) is 0.809. The van der Waals surface area contributed by atoms with Crippen molar-refractivity contribution in [3.05, 3.63) is 5.31 Å². The van der Waals surface area contributed by atoms with Crippen LogP contribution in [0.25, 0.3) is 0 Å². The molecular formula is C26H49O2P. The molecule has 170 valence electrons. The van der Waals surface area contributed by atoms with E-state index in [0.717, 1.165) is 74.4 Å². The second-order valence-electron chi connectivity index (χ2n) is 10.2. The van der Waals surface area contributed by atoms with Crippen LogP contribution in [-0.2, 0) is 9.59 Å². The quantitative estimate of drug-likeness (QED) is 0.126. The van der Waals surface area contributed by atoms with Gasteiger partial charge in [0.2, 0.25) is 0 Å². The van der Waals surface area contributed by atoms with Gasteiger partial charge in [-0.3, -0.25) is 0 Å². The summed E-state index contributed by atoms with van der Waals surface area (Å²) in [6, 6.07) is 0. The van der Waals surface area contributed by atoms with Gasteiger partial charge in [-0.1, -0.05) is 92.9 Å². The molecule has 0 fully saturated rings. The summed E-state index contributed by atoms with van der Waals surface area (Å²) < 4.78 is 0. The molecule has 3 heteroatoms. The van der Waals surface area contributed by atoms with Crippen LogP contribution in [-0.4, -0.2) is 23.9 Å². The minimum atomic E-state index is -2.09. The Kier molecular flexibility index (Phi) is 16.9. The van der Waals surface area contributed by atoms with Gasteiger partial charge >= 0.3 is 0 Å². The molecule has 0 N–H and O–H groups in total. The second-order valence-corrected chi connectivity index (χ2v) is 13.7. The summed E-state index contributed by atoms with van der Waals surface area (Å²) in [7, 11) is 0. The third-order valence-corrected chi connectivity index (χ3v) is 9.75. The summed E-state index contributed by atoms with van der Waals surface area (Å²) in [6.45, 7) is 11.4. The van der Waals surface area contributed by atoms with Crippen molar-refractivity contribution in [1.82, 2.24) is 0 Å². The minimum Gasteiger partial charge on any atom is -0.234 e. The highest BCUT2D eigenvalue weighted by atomic mass is 31.2. The molecule has 0 aliphatic heterocycles. The highest BCUT2D eigenvalue weighted by molar-refractivity contribution is 7.78. The molecule has 29 heavy (non-hydrogen) atoms. The molecule has 0 radical (unpaired) electrons. The fraction of sp³-hybridized carbons (Fsp3) is 0.885. The monoisotopic (exact) mass is 424 g/mol. The molecule has 0 heterocycles. The van der Waals surface area contributed by atoms with Gasteiger partial charge in [-0.05, 0) is 55.8 Å². The molecule has 2 nitrogen and oxygen atoms in total. The summed E-state index contributed by atoms with van der Waals surface area (Å²) in [4.78, 5) is 24.1. The Morgan fingerprint density at radius 1 is 0.621 bits per heavy atom. The van der Waals surface area contributed by atoms with Gasteiger partial charge in [0.25, 0.3) is 0 Å². The first-order valence-electron chi connectivity index (χ1n) is 12.3. The van der Waals surface area contributed by atoms with E-state index in [-0.39, 0.29) is 0 Å². The van der Waals surface area contributed by atoms with Crippen LogP contribution in [0.4, 0.5) is 0 Å². The summed E-state index contributed by atoms with van der Waals surface area (Å²) >= 11 is 0. The molecule has 0 aromatic carbocycles. The van der Waals surface area contributed by atoms with Gasteiger partial charge in [0.1, 0.15) is 11.6 Å². The molecule has 0 spiro atoms. The Labute approximate surface area is 182 Å². The van der Waals surface area contributed by atoms with Crippen LogP contribution in [0.15, 0.2) is 5.31 Å². The molecule has 0 aliphatic rings. The van der Waals surface area contributed by atoms with E-state index < -0.39 is 6.89 Å². The SMILES string of the molecule is CC(C)CCCCCP(=C=O)(CCCCCC(C)C)C(=C=O)CCCCC(C)C. The molecule has 0 amide bonds. The van der Waals surface area contributed by atoms with Crippen LogP contribution in [0.1, 0.15) is 119 Å². The molecule has 0 aliphatic carbocycles. The third-order valence-electron chi connectivity index (χ3n) is 5.90. The number of allylic oxidation sites excluding steroid dienone is 1. The lowest BCUT2D eigenvalue weighted by molar-refractivity contribution is 0.532. The predicted octanol–water partition coefficient (Wildman–Crippen LogP) is 8.44. The molecule has 0 saturated carbocycles. The maximum Gasteiger partial charge on any atom is 0.129 e. The molecule has 0 aromatic rings. The molecule has 0 aromatic heterocycles. The average Bonchev–Trinajstić information content (AvgIpc) is 2.65. The lowest BCUT2D eigenvalue weighted by Crippen LogP contribution is -2.03. The van der Waals surface area contributed by atoms with E-state index in [2.05, 4.69) is 53.1 Å². The van der Waals surface area contributed by atoms with Gasteiger partial charge in [-0.15, -0.1) is 0 Å². The van der Waals surface area contributed by atoms with E-state index in [1.165, 1.54) is 32.1 Å². The van der Waals surface area contributed by atoms with Crippen LogP contribution in [0.2, 0.25) is 0 Å². The number of carbonyl (C=O) groups excluding carboxylic acids is 2. The Morgan fingerprint density at radius 3 is 1.38 bits per heavy atom. The minimum absolute atomic E-state index is 0.692. The Balaban J connectivity index is 4.96. The number of hydrogen-bond donors (Lipinski definition) is 0. The van der Waals surface area contributed by atoms with E-state index in [1.807, 2.05) is 0 Å². The molecule has 0 atom stereocenters. The van der Waals surface area contributed by atoms with Crippen LogP contribution >= 0.6 is 6.89 Å².